The van der Waals surface area contributed by atoms with Gasteiger partial charge in [0.1, 0.15) is 0 Å². The third-order valence-electron chi connectivity index (χ3n) is 3.73. The Labute approximate surface area is 151 Å². The van der Waals surface area contributed by atoms with E-state index in [9.17, 15) is 18.0 Å². The van der Waals surface area contributed by atoms with Gasteiger partial charge in [-0.3, -0.25) is 9.59 Å². The number of nitrogens with two attached hydrogens (primary N) is 1. The zero-order valence-electron chi connectivity index (χ0n) is 14.3. The number of pyridine rings is 1. The molecule has 0 fully saturated rings. The van der Waals surface area contributed by atoms with E-state index >= 15 is 0 Å². The molecular formula is C17H21N3O5S. The Morgan fingerprint density at radius 1 is 1.19 bits per heavy atom. The van der Waals surface area contributed by atoms with Crippen molar-refractivity contribution in [2.24, 2.45) is 5.14 Å². The summed E-state index contributed by atoms with van der Waals surface area (Å²) < 4.78 is 28.8. The molecule has 1 amide bonds. The molecule has 26 heavy (non-hydrogen) atoms. The summed E-state index contributed by atoms with van der Waals surface area (Å²) in [6, 6.07) is 8.97. The minimum atomic E-state index is -3.71. The highest BCUT2D eigenvalue weighted by Gasteiger charge is 2.09. The van der Waals surface area contributed by atoms with Crippen LogP contribution in [0.25, 0.3) is 0 Å². The van der Waals surface area contributed by atoms with Gasteiger partial charge in [0.05, 0.1) is 17.1 Å². The summed E-state index contributed by atoms with van der Waals surface area (Å²) in [5.74, 6) is -0.294. The summed E-state index contributed by atoms with van der Waals surface area (Å²) >= 11 is 0. The predicted octanol–water partition coefficient (Wildman–Crippen LogP) is 0.115. The van der Waals surface area contributed by atoms with Crippen LogP contribution in [0.4, 0.5) is 0 Å². The number of ether oxygens (including phenoxy) is 1. The largest absolute Gasteiger partial charge is 0.383 e. The average molecular weight is 379 g/mol. The number of carbonyl (C=O) groups excluding carboxylic acids is 1. The molecule has 1 aromatic heterocycles. The van der Waals surface area contributed by atoms with E-state index < -0.39 is 10.0 Å². The number of hydrogen-bond acceptors (Lipinski definition) is 5. The Morgan fingerprint density at radius 2 is 1.88 bits per heavy atom. The normalized spacial score (nSPS) is 11.3. The summed E-state index contributed by atoms with van der Waals surface area (Å²) in [5.41, 5.74) is 1.04. The minimum Gasteiger partial charge on any atom is -0.383 e. The fourth-order valence-electron chi connectivity index (χ4n) is 2.30. The fraction of sp³-hybridized carbons (Fsp3) is 0.294. The summed E-state index contributed by atoms with van der Waals surface area (Å²) in [6.45, 7) is 1.11. The van der Waals surface area contributed by atoms with Gasteiger partial charge in [0.25, 0.3) is 11.5 Å². The standard InChI is InChI=1S/C17H21N3O5S/c1-25-11-10-20-12-14(4-7-16(20)21)17(22)19-9-8-13-2-5-15(6-3-13)26(18,23)24/h2-7,12H,8-11H2,1H3,(H,19,22)(H2,18,23,24). The quantitative estimate of drug-likeness (QED) is 0.675. The Kier molecular flexibility index (Phi) is 6.67. The van der Waals surface area contributed by atoms with Gasteiger partial charge in [-0.25, -0.2) is 13.6 Å². The lowest BCUT2D eigenvalue weighted by Gasteiger charge is -2.09. The summed E-state index contributed by atoms with van der Waals surface area (Å²) in [4.78, 5) is 24.0. The molecule has 0 saturated heterocycles. The predicted molar refractivity (Wildman–Crippen MR) is 96.4 cm³/mol. The number of rotatable bonds is 8. The lowest BCUT2D eigenvalue weighted by Crippen LogP contribution is -2.28. The van der Waals surface area contributed by atoms with Crippen molar-refractivity contribution in [1.29, 1.82) is 0 Å². The van der Waals surface area contributed by atoms with Crippen LogP contribution in [0, 0.1) is 0 Å². The lowest BCUT2D eigenvalue weighted by molar-refractivity contribution is 0.0953. The number of nitrogens with one attached hydrogen (secondary N) is 1. The van der Waals surface area contributed by atoms with E-state index in [0.29, 0.717) is 31.7 Å². The molecule has 0 bridgehead atoms. The minimum absolute atomic E-state index is 0.0450. The molecule has 1 heterocycles. The number of aromatic nitrogens is 1. The van der Waals surface area contributed by atoms with E-state index in [4.69, 9.17) is 9.88 Å². The zero-order valence-corrected chi connectivity index (χ0v) is 15.2. The van der Waals surface area contributed by atoms with Crippen molar-refractivity contribution in [3.63, 3.8) is 0 Å². The molecule has 3 N–H and O–H groups in total. The maximum Gasteiger partial charge on any atom is 0.252 e. The van der Waals surface area contributed by atoms with Crippen LogP contribution < -0.4 is 16.0 Å². The molecule has 2 aromatic rings. The molecular weight excluding hydrogens is 358 g/mol. The van der Waals surface area contributed by atoms with Crippen LogP contribution >= 0.6 is 0 Å². The van der Waals surface area contributed by atoms with E-state index in [0.717, 1.165) is 5.56 Å². The van der Waals surface area contributed by atoms with Gasteiger partial charge in [-0.1, -0.05) is 12.1 Å². The van der Waals surface area contributed by atoms with Gasteiger partial charge in [0.15, 0.2) is 0 Å². The Balaban J connectivity index is 1.93. The molecule has 0 spiro atoms. The van der Waals surface area contributed by atoms with Crippen molar-refractivity contribution < 1.29 is 17.9 Å². The van der Waals surface area contributed by atoms with E-state index in [1.54, 1.807) is 12.1 Å². The first-order valence-electron chi connectivity index (χ1n) is 7.90. The highest BCUT2D eigenvalue weighted by atomic mass is 32.2. The van der Waals surface area contributed by atoms with Crippen molar-refractivity contribution in [2.45, 2.75) is 17.9 Å². The molecule has 8 nitrogen and oxygen atoms in total. The molecule has 2 rings (SSSR count). The number of carbonyl (C=O) groups is 1. The van der Waals surface area contributed by atoms with Gasteiger partial charge in [-0.05, 0) is 30.2 Å². The SMILES string of the molecule is COCCn1cc(C(=O)NCCc2ccc(S(N)(=O)=O)cc2)ccc1=O. The molecule has 0 aliphatic heterocycles. The number of hydrogen-bond donors (Lipinski definition) is 2. The summed E-state index contributed by atoms with van der Waals surface area (Å²) in [6.07, 6.45) is 2.03. The average Bonchev–Trinajstić information content (AvgIpc) is 2.60. The molecule has 0 atom stereocenters. The van der Waals surface area contributed by atoms with Crippen molar-refractivity contribution in [2.75, 3.05) is 20.3 Å². The third kappa shape index (κ3) is 5.51. The molecule has 0 unspecified atom stereocenters. The van der Waals surface area contributed by atoms with Gasteiger partial charge in [0, 0.05) is 32.5 Å². The van der Waals surface area contributed by atoms with Crippen molar-refractivity contribution >= 4 is 15.9 Å². The zero-order chi connectivity index (χ0) is 19.2. The van der Waals surface area contributed by atoms with Crippen LogP contribution in [-0.4, -0.2) is 39.2 Å². The summed E-state index contributed by atoms with van der Waals surface area (Å²) in [5, 5.41) is 7.81. The molecule has 9 heteroatoms. The Bertz CT molecular complexity index is 920. The number of amides is 1. The monoisotopic (exact) mass is 379 g/mol. The maximum atomic E-state index is 12.2. The van der Waals surface area contributed by atoms with Crippen molar-refractivity contribution in [1.82, 2.24) is 9.88 Å². The smallest absolute Gasteiger partial charge is 0.252 e. The molecule has 140 valence electrons. The van der Waals surface area contributed by atoms with E-state index in [-0.39, 0.29) is 16.4 Å². The Morgan fingerprint density at radius 3 is 2.50 bits per heavy atom. The van der Waals surface area contributed by atoms with Crippen molar-refractivity contribution in [3.05, 3.63) is 64.1 Å². The van der Waals surface area contributed by atoms with Crippen LogP contribution in [0.3, 0.4) is 0 Å². The first-order valence-corrected chi connectivity index (χ1v) is 9.45. The van der Waals surface area contributed by atoms with Gasteiger partial charge in [0.2, 0.25) is 10.0 Å². The number of sulfonamides is 1. The highest BCUT2D eigenvalue weighted by molar-refractivity contribution is 7.89. The maximum absolute atomic E-state index is 12.2. The van der Waals surface area contributed by atoms with E-state index in [2.05, 4.69) is 5.32 Å². The van der Waals surface area contributed by atoms with Gasteiger partial charge in [-0.2, -0.15) is 0 Å². The second kappa shape index (κ2) is 8.75. The van der Waals surface area contributed by atoms with Gasteiger partial charge < -0.3 is 14.6 Å². The highest BCUT2D eigenvalue weighted by Crippen LogP contribution is 2.09. The van der Waals surface area contributed by atoms with Crippen LogP contribution in [0.1, 0.15) is 15.9 Å². The second-order valence-corrected chi connectivity index (χ2v) is 7.20. The Hall–Kier alpha value is -2.49. The molecule has 0 aliphatic carbocycles. The number of benzene rings is 1. The molecule has 0 radical (unpaired) electrons. The molecule has 0 saturated carbocycles. The fourth-order valence-corrected chi connectivity index (χ4v) is 2.81. The molecule has 0 aliphatic rings. The lowest BCUT2D eigenvalue weighted by atomic mass is 10.1. The van der Waals surface area contributed by atoms with Gasteiger partial charge >= 0.3 is 0 Å². The second-order valence-electron chi connectivity index (χ2n) is 5.64. The van der Waals surface area contributed by atoms with Crippen molar-refractivity contribution in [3.8, 4) is 0 Å². The van der Waals surface area contributed by atoms with Crippen LogP contribution in [0.15, 0.2) is 52.3 Å². The number of primary sulfonamides is 1. The van der Waals surface area contributed by atoms with Gasteiger partial charge in [-0.15, -0.1) is 0 Å². The van der Waals surface area contributed by atoms with E-state index in [1.807, 2.05) is 0 Å². The molecule has 1 aromatic carbocycles. The van der Waals surface area contributed by atoms with E-state index in [1.165, 1.54) is 42.1 Å². The number of methoxy groups -OCH3 is 1. The number of nitrogens with zero attached hydrogens (tertiary/aromatic N) is 1. The first-order chi connectivity index (χ1) is 12.3. The van der Waals surface area contributed by atoms with Crippen LogP contribution in [-0.2, 0) is 27.7 Å². The van der Waals surface area contributed by atoms with Crippen LogP contribution in [0.2, 0.25) is 0 Å². The third-order valence-corrected chi connectivity index (χ3v) is 4.66. The topological polar surface area (TPSA) is 120 Å². The van der Waals surface area contributed by atoms with Crippen LogP contribution in [0.5, 0.6) is 0 Å². The summed E-state index contributed by atoms with van der Waals surface area (Å²) in [7, 11) is -2.17. The first kappa shape index (κ1) is 19.8.